The largest absolute Gasteiger partial charge is 0.464 e. The number of alkyl halides is 1. The minimum Gasteiger partial charge on any atom is -0.464 e. The van der Waals surface area contributed by atoms with Gasteiger partial charge in [0, 0.05) is 16.7 Å². The fraction of sp³-hybridized carbons (Fsp3) is 0.348. The number of nitrogens with zero attached hydrogens (tertiary/aromatic N) is 1. The van der Waals surface area contributed by atoms with Crippen LogP contribution in [0.5, 0.6) is 0 Å². The third-order valence-corrected chi connectivity index (χ3v) is 7.63. The number of benzene rings is 2. The van der Waals surface area contributed by atoms with Crippen molar-refractivity contribution in [1.82, 2.24) is 4.90 Å². The van der Waals surface area contributed by atoms with Crippen LogP contribution in [0.2, 0.25) is 0 Å². The van der Waals surface area contributed by atoms with E-state index in [0.717, 1.165) is 11.1 Å². The highest BCUT2D eigenvalue weighted by molar-refractivity contribution is 14.1. The van der Waals surface area contributed by atoms with E-state index in [0.29, 0.717) is 4.43 Å². The molecule has 2 N–H and O–H groups in total. The van der Waals surface area contributed by atoms with Gasteiger partial charge in [0.15, 0.2) is 11.5 Å². The Morgan fingerprint density at radius 2 is 1.69 bits per heavy atom. The number of amides is 1. The van der Waals surface area contributed by atoms with E-state index in [4.69, 9.17) is 15.2 Å². The number of esters is 2. The number of thioether (sulfide) groups is 1. The van der Waals surface area contributed by atoms with Crippen molar-refractivity contribution >= 4 is 52.2 Å². The number of halogens is 1. The van der Waals surface area contributed by atoms with Crippen LogP contribution in [-0.2, 0) is 23.9 Å². The number of hydrogen-bond acceptors (Lipinski definition) is 7. The van der Waals surface area contributed by atoms with E-state index in [1.54, 1.807) is 0 Å². The lowest BCUT2D eigenvalue weighted by Gasteiger charge is -2.52. The summed E-state index contributed by atoms with van der Waals surface area (Å²) in [6, 6.07) is 18.1. The molecule has 2 unspecified atom stereocenters. The molecule has 3 atom stereocenters. The number of ether oxygens (including phenoxy) is 2. The number of carbonyl (C=O) groups is 3. The molecule has 2 heterocycles. The molecule has 0 saturated carbocycles. The average molecular weight is 566 g/mol. The summed E-state index contributed by atoms with van der Waals surface area (Å²) >= 11 is 3.41. The molecule has 0 aliphatic carbocycles. The molecule has 2 aliphatic rings. The Morgan fingerprint density at radius 1 is 1.09 bits per heavy atom. The van der Waals surface area contributed by atoms with Gasteiger partial charge in [-0.25, -0.2) is 0 Å². The molecule has 32 heavy (non-hydrogen) atoms. The standard InChI is InChI=1S/C23H23IN2O5S/c24-11-12-30-21(28)23(13-26-19(27)17(25)20(26)32-14-23)22(29)31-18(15-7-3-1-4-8-15)16-9-5-2-6-10-16/h1-10,17-18,20H,11-14,25H2/t17?,20-,23?/m1/s1. The highest BCUT2D eigenvalue weighted by atomic mass is 127. The highest BCUT2D eigenvalue weighted by Gasteiger charge is 2.60. The van der Waals surface area contributed by atoms with Crippen molar-refractivity contribution in [3.8, 4) is 0 Å². The SMILES string of the molecule is NC1C(=O)N2CC(C(=O)OCCI)(C(=O)OC(c3ccccc3)c3ccccc3)CS[C@H]12. The Morgan fingerprint density at radius 3 is 2.25 bits per heavy atom. The van der Waals surface area contributed by atoms with E-state index in [1.807, 2.05) is 60.7 Å². The average Bonchev–Trinajstić information content (AvgIpc) is 2.85. The molecule has 0 aromatic heterocycles. The summed E-state index contributed by atoms with van der Waals surface area (Å²) in [5, 5.41) is -0.236. The topological polar surface area (TPSA) is 98.9 Å². The minimum absolute atomic E-state index is 0.0909. The van der Waals surface area contributed by atoms with Gasteiger partial charge in [0.05, 0.1) is 0 Å². The Labute approximate surface area is 204 Å². The molecule has 2 fully saturated rings. The zero-order valence-electron chi connectivity index (χ0n) is 17.2. The minimum atomic E-state index is -1.61. The number of hydrogen-bond donors (Lipinski definition) is 1. The van der Waals surface area contributed by atoms with Crippen LogP contribution < -0.4 is 5.73 Å². The molecule has 4 rings (SSSR count). The maximum atomic E-state index is 13.6. The number of fused-ring (bicyclic) bond motifs is 1. The summed E-state index contributed by atoms with van der Waals surface area (Å²) < 4.78 is 12.0. The molecule has 1 amide bonds. The molecule has 0 spiro atoms. The van der Waals surface area contributed by atoms with Gasteiger partial charge in [0.1, 0.15) is 18.0 Å². The number of nitrogens with two attached hydrogens (primary N) is 1. The van der Waals surface area contributed by atoms with E-state index in [1.165, 1.54) is 16.7 Å². The first kappa shape index (κ1) is 23.1. The zero-order valence-corrected chi connectivity index (χ0v) is 20.2. The van der Waals surface area contributed by atoms with E-state index in [-0.39, 0.29) is 30.2 Å². The van der Waals surface area contributed by atoms with E-state index < -0.39 is 29.5 Å². The van der Waals surface area contributed by atoms with Crippen LogP contribution in [0.3, 0.4) is 0 Å². The van der Waals surface area contributed by atoms with Crippen molar-refractivity contribution in [3.05, 3.63) is 71.8 Å². The van der Waals surface area contributed by atoms with Gasteiger partial charge >= 0.3 is 11.9 Å². The lowest BCUT2D eigenvalue weighted by Crippen LogP contribution is -2.73. The highest BCUT2D eigenvalue weighted by Crippen LogP contribution is 2.43. The van der Waals surface area contributed by atoms with Crippen molar-refractivity contribution in [3.63, 3.8) is 0 Å². The van der Waals surface area contributed by atoms with Crippen LogP contribution in [0, 0.1) is 5.41 Å². The predicted octanol–water partition coefficient (Wildman–Crippen LogP) is 2.53. The molecule has 168 valence electrons. The Hall–Kier alpha value is -2.11. The Kier molecular flexibility index (Phi) is 7.06. The Bertz CT molecular complexity index is 953. The second-order valence-corrected chi connectivity index (χ2v) is 9.89. The van der Waals surface area contributed by atoms with Gasteiger partial charge in [-0.1, -0.05) is 83.3 Å². The van der Waals surface area contributed by atoms with Crippen molar-refractivity contribution in [1.29, 1.82) is 0 Å². The normalized spacial score (nSPS) is 24.5. The lowest BCUT2D eigenvalue weighted by atomic mass is 9.87. The van der Waals surface area contributed by atoms with Crippen molar-refractivity contribution in [2.75, 3.05) is 23.3 Å². The van der Waals surface area contributed by atoms with Crippen LogP contribution in [0.25, 0.3) is 0 Å². The fourth-order valence-corrected chi connectivity index (χ4v) is 5.56. The lowest BCUT2D eigenvalue weighted by molar-refractivity contribution is -0.177. The van der Waals surface area contributed by atoms with Gasteiger partial charge in [-0.05, 0) is 11.1 Å². The van der Waals surface area contributed by atoms with Gasteiger partial charge in [-0.3, -0.25) is 14.4 Å². The quantitative estimate of drug-likeness (QED) is 0.181. The second kappa shape index (κ2) is 9.80. The molecule has 2 aromatic rings. The molecule has 0 radical (unpaired) electrons. The second-order valence-electron chi connectivity index (χ2n) is 7.71. The van der Waals surface area contributed by atoms with Crippen molar-refractivity contribution < 1.29 is 23.9 Å². The summed E-state index contributed by atoms with van der Waals surface area (Å²) in [5.74, 6) is -1.50. The summed E-state index contributed by atoms with van der Waals surface area (Å²) in [6.07, 6.45) is -0.698. The van der Waals surface area contributed by atoms with E-state index in [2.05, 4.69) is 22.6 Å². The van der Waals surface area contributed by atoms with Crippen molar-refractivity contribution in [2.24, 2.45) is 11.1 Å². The predicted molar refractivity (Wildman–Crippen MR) is 129 cm³/mol. The first-order chi connectivity index (χ1) is 15.5. The van der Waals surface area contributed by atoms with Gasteiger partial charge in [0.25, 0.3) is 0 Å². The van der Waals surface area contributed by atoms with Crippen LogP contribution >= 0.6 is 34.4 Å². The molecule has 2 aromatic carbocycles. The summed E-state index contributed by atoms with van der Waals surface area (Å²) in [5.41, 5.74) is 5.85. The number of β-lactam (4-membered cyclic amide) rings is 1. The zero-order chi connectivity index (χ0) is 22.7. The van der Waals surface area contributed by atoms with Gasteiger partial charge in [-0.2, -0.15) is 0 Å². The third kappa shape index (κ3) is 4.25. The number of rotatable bonds is 7. The van der Waals surface area contributed by atoms with Crippen LogP contribution in [0.15, 0.2) is 60.7 Å². The monoisotopic (exact) mass is 566 g/mol. The molecule has 0 bridgehead atoms. The molecule has 2 saturated heterocycles. The van der Waals surface area contributed by atoms with E-state index >= 15 is 0 Å². The molecular formula is C23H23IN2O5S. The fourth-order valence-electron chi connectivity index (χ4n) is 3.88. The molecule has 7 nitrogen and oxygen atoms in total. The van der Waals surface area contributed by atoms with Crippen LogP contribution in [0.4, 0.5) is 0 Å². The van der Waals surface area contributed by atoms with Gasteiger partial charge < -0.3 is 20.1 Å². The van der Waals surface area contributed by atoms with Crippen LogP contribution in [-0.4, -0.2) is 57.5 Å². The Balaban J connectivity index is 1.65. The molecule has 9 heteroatoms. The maximum Gasteiger partial charge on any atom is 0.327 e. The first-order valence-corrected chi connectivity index (χ1v) is 12.8. The van der Waals surface area contributed by atoms with Gasteiger partial charge in [0.2, 0.25) is 5.91 Å². The van der Waals surface area contributed by atoms with Crippen LogP contribution in [0.1, 0.15) is 17.2 Å². The van der Waals surface area contributed by atoms with Gasteiger partial charge in [-0.15, -0.1) is 11.8 Å². The molecular weight excluding hydrogens is 543 g/mol. The third-order valence-electron chi connectivity index (χ3n) is 5.64. The summed E-state index contributed by atoms with van der Waals surface area (Å²) in [4.78, 5) is 40.5. The van der Waals surface area contributed by atoms with Crippen molar-refractivity contribution in [2.45, 2.75) is 17.5 Å². The first-order valence-electron chi connectivity index (χ1n) is 10.2. The number of carbonyl (C=O) groups excluding carboxylic acids is 3. The summed E-state index contributed by atoms with van der Waals surface area (Å²) in [6.45, 7) is 0.0865. The molecule has 2 aliphatic heterocycles. The van der Waals surface area contributed by atoms with E-state index in [9.17, 15) is 14.4 Å². The maximum absolute atomic E-state index is 13.6. The summed E-state index contributed by atoms with van der Waals surface area (Å²) in [7, 11) is 0. The smallest absolute Gasteiger partial charge is 0.327 e.